The number of Topliss-reactive ketones (excluding diaryl/α,β-unsaturated/α-hetero) is 1. The molecule has 0 amide bonds. The molecule has 0 fully saturated rings. The van der Waals surface area contributed by atoms with Gasteiger partial charge < -0.3 is 5.32 Å². The van der Waals surface area contributed by atoms with Crippen LogP contribution < -0.4 is 5.32 Å². The summed E-state index contributed by atoms with van der Waals surface area (Å²) in [5, 5.41) is 12.5. The van der Waals surface area contributed by atoms with Gasteiger partial charge in [-0.3, -0.25) is 4.79 Å². The van der Waals surface area contributed by atoms with Crippen molar-refractivity contribution >= 4 is 51.3 Å². The molecule has 0 aliphatic rings. The molecular weight excluding hydrogens is 290 g/mol. The first-order chi connectivity index (χ1) is 8.63. The number of benzene rings is 1. The third-order valence-corrected chi connectivity index (χ3v) is 4.23. The zero-order valence-electron chi connectivity index (χ0n) is 9.51. The lowest BCUT2D eigenvalue weighted by molar-refractivity contribution is -0.114. The van der Waals surface area contributed by atoms with Gasteiger partial charge in [-0.15, -0.1) is 10.2 Å². The number of nitrogens with one attached hydrogen (secondary N) is 1. The van der Waals surface area contributed by atoms with Crippen molar-refractivity contribution in [2.45, 2.75) is 11.3 Å². The number of hydrogen-bond donors (Lipinski definition) is 1. The minimum atomic E-state index is 0.125. The Morgan fingerprint density at radius 3 is 3.06 bits per heavy atom. The molecule has 1 aromatic carbocycles. The van der Waals surface area contributed by atoms with E-state index in [1.165, 1.54) is 23.1 Å². The van der Waals surface area contributed by atoms with E-state index in [0.29, 0.717) is 15.9 Å². The molecule has 0 unspecified atom stereocenters. The number of thioether (sulfide) groups is 1. The second-order valence-electron chi connectivity index (χ2n) is 3.50. The number of anilines is 2. The lowest BCUT2D eigenvalue weighted by atomic mass is 10.3. The van der Waals surface area contributed by atoms with Gasteiger partial charge in [0.2, 0.25) is 5.13 Å². The SMILES string of the molecule is CC(=O)CSc1nnc(Nc2cccc(Cl)c2)s1. The molecule has 1 N–H and O–H groups in total. The molecule has 0 saturated heterocycles. The van der Waals surface area contributed by atoms with E-state index >= 15 is 0 Å². The molecule has 0 spiro atoms. The van der Waals surface area contributed by atoms with Crippen LogP contribution in [0.25, 0.3) is 0 Å². The van der Waals surface area contributed by atoms with Crippen LogP contribution in [0.5, 0.6) is 0 Å². The van der Waals surface area contributed by atoms with E-state index in [1.54, 1.807) is 13.0 Å². The maximum atomic E-state index is 10.9. The van der Waals surface area contributed by atoms with Crippen molar-refractivity contribution < 1.29 is 4.79 Å². The van der Waals surface area contributed by atoms with Crippen molar-refractivity contribution in [2.75, 3.05) is 11.1 Å². The number of carbonyl (C=O) groups is 1. The maximum Gasteiger partial charge on any atom is 0.210 e. The molecule has 2 rings (SSSR count). The first-order valence-corrected chi connectivity index (χ1v) is 7.30. The summed E-state index contributed by atoms with van der Waals surface area (Å²) in [6.45, 7) is 1.55. The minimum Gasteiger partial charge on any atom is -0.330 e. The Bertz CT molecular complexity index is 559. The molecule has 0 radical (unpaired) electrons. The number of hydrogen-bond acceptors (Lipinski definition) is 6. The Kier molecular flexibility index (Phi) is 4.57. The van der Waals surface area contributed by atoms with Gasteiger partial charge in [0.15, 0.2) is 4.34 Å². The van der Waals surface area contributed by atoms with Crippen molar-refractivity contribution in [2.24, 2.45) is 0 Å². The Morgan fingerprint density at radius 1 is 1.50 bits per heavy atom. The first kappa shape index (κ1) is 13.3. The molecular formula is C11H10ClN3OS2. The van der Waals surface area contributed by atoms with Crippen LogP contribution in [0.3, 0.4) is 0 Å². The Hall–Kier alpha value is -1.11. The fraction of sp³-hybridized carbons (Fsp3) is 0.182. The summed E-state index contributed by atoms with van der Waals surface area (Å²) in [7, 11) is 0. The second-order valence-corrected chi connectivity index (χ2v) is 6.14. The molecule has 94 valence electrons. The van der Waals surface area contributed by atoms with Crippen LogP contribution in [-0.4, -0.2) is 21.7 Å². The molecule has 0 atom stereocenters. The Labute approximate surface area is 118 Å². The van der Waals surface area contributed by atoms with Gasteiger partial charge in [0.05, 0.1) is 5.75 Å². The highest BCUT2D eigenvalue weighted by molar-refractivity contribution is 8.01. The summed E-state index contributed by atoms with van der Waals surface area (Å²) in [5.74, 6) is 0.547. The predicted octanol–water partition coefficient (Wildman–Crippen LogP) is 3.62. The minimum absolute atomic E-state index is 0.125. The van der Waals surface area contributed by atoms with E-state index in [2.05, 4.69) is 15.5 Å². The van der Waals surface area contributed by atoms with E-state index in [4.69, 9.17) is 11.6 Å². The van der Waals surface area contributed by atoms with E-state index in [9.17, 15) is 4.79 Å². The molecule has 18 heavy (non-hydrogen) atoms. The smallest absolute Gasteiger partial charge is 0.210 e. The summed E-state index contributed by atoms with van der Waals surface area (Å²) in [6.07, 6.45) is 0. The normalized spacial score (nSPS) is 10.3. The highest BCUT2D eigenvalue weighted by Crippen LogP contribution is 2.28. The number of ketones is 1. The Morgan fingerprint density at radius 2 is 2.33 bits per heavy atom. The molecule has 2 aromatic rings. The number of rotatable bonds is 5. The maximum absolute atomic E-state index is 10.9. The van der Waals surface area contributed by atoms with Crippen molar-refractivity contribution in [3.8, 4) is 0 Å². The topological polar surface area (TPSA) is 54.9 Å². The van der Waals surface area contributed by atoms with E-state index in [0.717, 1.165) is 10.0 Å². The van der Waals surface area contributed by atoms with Gasteiger partial charge in [0.1, 0.15) is 5.78 Å². The summed E-state index contributed by atoms with van der Waals surface area (Å²) >= 11 is 8.69. The van der Waals surface area contributed by atoms with E-state index in [1.807, 2.05) is 18.2 Å². The number of aromatic nitrogens is 2. The Balaban J connectivity index is 2.00. The van der Waals surface area contributed by atoms with Crippen LogP contribution in [0.4, 0.5) is 10.8 Å². The molecule has 1 heterocycles. The van der Waals surface area contributed by atoms with Gasteiger partial charge in [-0.25, -0.2) is 0 Å². The van der Waals surface area contributed by atoms with Crippen LogP contribution in [0.15, 0.2) is 28.6 Å². The van der Waals surface area contributed by atoms with Crippen molar-refractivity contribution in [1.82, 2.24) is 10.2 Å². The predicted molar refractivity (Wildman–Crippen MR) is 76.0 cm³/mol. The molecule has 1 aromatic heterocycles. The molecule has 4 nitrogen and oxygen atoms in total. The van der Waals surface area contributed by atoms with Gasteiger partial charge in [0.25, 0.3) is 0 Å². The van der Waals surface area contributed by atoms with E-state index < -0.39 is 0 Å². The van der Waals surface area contributed by atoms with Crippen LogP contribution >= 0.6 is 34.7 Å². The standard InChI is InChI=1S/C11H10ClN3OS2/c1-7(16)6-17-11-15-14-10(18-11)13-9-4-2-3-8(12)5-9/h2-5H,6H2,1H3,(H,13,14). The summed E-state index contributed by atoms with van der Waals surface area (Å²) < 4.78 is 0.773. The third kappa shape index (κ3) is 3.97. The summed E-state index contributed by atoms with van der Waals surface area (Å²) in [5.41, 5.74) is 0.863. The molecule has 0 bridgehead atoms. The summed E-state index contributed by atoms with van der Waals surface area (Å²) in [4.78, 5) is 10.9. The molecule has 0 aliphatic heterocycles. The molecule has 0 saturated carbocycles. The average molecular weight is 300 g/mol. The van der Waals surface area contributed by atoms with Crippen molar-refractivity contribution in [1.29, 1.82) is 0 Å². The zero-order chi connectivity index (χ0) is 13.0. The van der Waals surface area contributed by atoms with Crippen LogP contribution in [0.2, 0.25) is 5.02 Å². The molecule has 0 aliphatic carbocycles. The van der Waals surface area contributed by atoms with E-state index in [-0.39, 0.29) is 5.78 Å². The third-order valence-electron chi connectivity index (χ3n) is 1.88. The van der Waals surface area contributed by atoms with Crippen LogP contribution in [0.1, 0.15) is 6.92 Å². The van der Waals surface area contributed by atoms with Crippen LogP contribution in [-0.2, 0) is 4.79 Å². The van der Waals surface area contributed by atoms with Gasteiger partial charge >= 0.3 is 0 Å². The fourth-order valence-electron chi connectivity index (χ4n) is 1.17. The second kappa shape index (κ2) is 6.17. The number of halogens is 1. The average Bonchev–Trinajstić information content (AvgIpc) is 2.74. The largest absolute Gasteiger partial charge is 0.330 e. The van der Waals surface area contributed by atoms with Gasteiger partial charge in [-0.2, -0.15) is 0 Å². The summed E-state index contributed by atoms with van der Waals surface area (Å²) in [6, 6.07) is 7.37. The van der Waals surface area contributed by atoms with Gasteiger partial charge in [-0.1, -0.05) is 40.8 Å². The van der Waals surface area contributed by atoms with Gasteiger partial charge in [0, 0.05) is 10.7 Å². The number of nitrogens with zero attached hydrogens (tertiary/aromatic N) is 2. The monoisotopic (exact) mass is 299 g/mol. The zero-order valence-corrected chi connectivity index (χ0v) is 11.9. The highest BCUT2D eigenvalue weighted by Gasteiger charge is 2.06. The number of carbonyl (C=O) groups excluding carboxylic acids is 1. The highest BCUT2D eigenvalue weighted by atomic mass is 35.5. The van der Waals surface area contributed by atoms with Crippen molar-refractivity contribution in [3.63, 3.8) is 0 Å². The lowest BCUT2D eigenvalue weighted by Crippen LogP contribution is -1.92. The fourth-order valence-corrected chi connectivity index (χ4v) is 2.93. The van der Waals surface area contributed by atoms with Gasteiger partial charge in [-0.05, 0) is 25.1 Å². The van der Waals surface area contributed by atoms with Crippen molar-refractivity contribution in [3.05, 3.63) is 29.3 Å². The quantitative estimate of drug-likeness (QED) is 0.855. The van der Waals surface area contributed by atoms with Crippen LogP contribution in [0, 0.1) is 0 Å². The first-order valence-electron chi connectivity index (χ1n) is 5.12. The molecule has 7 heteroatoms. The lowest BCUT2D eigenvalue weighted by Gasteiger charge is -2.00.